The molecule has 2 saturated heterocycles. The van der Waals surface area contributed by atoms with Gasteiger partial charge in [0, 0.05) is 38.0 Å². The fraction of sp³-hybridized carbons (Fsp3) is 0.529. The van der Waals surface area contributed by atoms with Crippen LogP contribution in [0.1, 0.15) is 0 Å². The zero-order valence-electron chi connectivity index (χ0n) is 14.7. The molecule has 0 atom stereocenters. The molecule has 2 heterocycles. The van der Waals surface area contributed by atoms with Gasteiger partial charge < -0.3 is 14.5 Å². The average molecular weight is 425 g/mol. The molecule has 2 amide bonds. The van der Waals surface area contributed by atoms with Gasteiger partial charge >= 0.3 is 30.1 Å². The molecule has 2 aliphatic heterocycles. The Morgan fingerprint density at radius 3 is 1.52 bits per heavy atom. The van der Waals surface area contributed by atoms with E-state index in [4.69, 9.17) is 4.74 Å². The lowest BCUT2D eigenvalue weighted by atomic mass is 9.81. The van der Waals surface area contributed by atoms with Gasteiger partial charge in [0.1, 0.15) is 6.10 Å². The average Bonchev–Trinajstić information content (AvgIpc) is 3.13. The highest BCUT2D eigenvalue weighted by Crippen LogP contribution is 2.36. The summed E-state index contributed by atoms with van der Waals surface area (Å²) in [6, 6.07) is 0. The van der Waals surface area contributed by atoms with Gasteiger partial charge in [-0.05, 0) is 25.7 Å². The minimum atomic E-state index is -5.14. The standard InChI is InChI=1S/C17H15F6N2O4/c18-16(19,20)14(27)24-5-10-6-25(15(28)17(21,22)23)8-11(7-24)12(10)29-13(26)9-3-1-2-4-9/h1-4,10-12H,5-8H2. The van der Waals surface area contributed by atoms with E-state index in [0.717, 1.165) is 0 Å². The van der Waals surface area contributed by atoms with Crippen LogP contribution in [0.15, 0.2) is 0 Å². The third-order valence-electron chi connectivity index (χ3n) is 4.95. The molecule has 5 radical (unpaired) electrons. The molecule has 0 N–H and O–H groups in total. The van der Waals surface area contributed by atoms with E-state index in [2.05, 4.69) is 0 Å². The number of rotatable bonds is 2. The summed E-state index contributed by atoms with van der Waals surface area (Å²) < 4.78 is 82.0. The van der Waals surface area contributed by atoms with Gasteiger partial charge in [0.05, 0.1) is 5.92 Å². The number of alkyl halides is 6. The third kappa shape index (κ3) is 4.61. The summed E-state index contributed by atoms with van der Waals surface area (Å²) in [6.07, 6.45) is -5.30. The molecule has 3 fully saturated rings. The molecule has 29 heavy (non-hydrogen) atoms. The smallest absolute Gasteiger partial charge is 0.461 e. The monoisotopic (exact) mass is 425 g/mol. The second-order valence-corrected chi connectivity index (χ2v) is 6.98. The normalized spacial score (nSPS) is 28.4. The van der Waals surface area contributed by atoms with Crippen molar-refractivity contribution in [1.29, 1.82) is 0 Å². The Balaban J connectivity index is 1.77. The Bertz CT molecular complexity index is 620. The SMILES string of the molecule is O=C(OC1C2CN(C(=O)C(F)(F)F)CC1CN(C(=O)C(F)(F)F)C2)[C]1[CH][CH][CH][CH]1. The summed E-state index contributed by atoms with van der Waals surface area (Å²) in [5.41, 5.74) is 0. The van der Waals surface area contributed by atoms with Gasteiger partial charge in [-0.15, -0.1) is 0 Å². The molecule has 3 rings (SSSR count). The fourth-order valence-electron chi connectivity index (χ4n) is 3.78. The Kier molecular flexibility index (Phi) is 5.74. The lowest BCUT2D eigenvalue weighted by molar-refractivity contribution is -0.203. The first kappa shape index (κ1) is 21.7. The Morgan fingerprint density at radius 2 is 1.17 bits per heavy atom. The summed E-state index contributed by atoms with van der Waals surface area (Å²) in [6.45, 7) is -2.35. The summed E-state index contributed by atoms with van der Waals surface area (Å²) >= 11 is 0. The van der Waals surface area contributed by atoms with Gasteiger partial charge in [-0.1, -0.05) is 0 Å². The van der Waals surface area contributed by atoms with Crippen LogP contribution < -0.4 is 0 Å². The third-order valence-corrected chi connectivity index (χ3v) is 4.95. The number of esters is 1. The van der Waals surface area contributed by atoms with E-state index in [1.54, 1.807) is 12.8 Å². The van der Waals surface area contributed by atoms with Gasteiger partial charge in [0.25, 0.3) is 0 Å². The van der Waals surface area contributed by atoms with E-state index in [9.17, 15) is 40.7 Å². The maximum absolute atomic E-state index is 12.8. The predicted molar refractivity (Wildman–Crippen MR) is 82.6 cm³/mol. The molecule has 6 nitrogen and oxygen atoms in total. The van der Waals surface area contributed by atoms with Gasteiger partial charge in [0.15, 0.2) is 0 Å². The van der Waals surface area contributed by atoms with E-state index in [0.29, 0.717) is 9.80 Å². The van der Waals surface area contributed by atoms with Crippen LogP contribution in [0.5, 0.6) is 0 Å². The number of ether oxygens (including phenoxy) is 1. The summed E-state index contributed by atoms with van der Waals surface area (Å²) in [5.74, 6) is -7.01. The summed E-state index contributed by atoms with van der Waals surface area (Å²) in [4.78, 5) is 36.3. The van der Waals surface area contributed by atoms with Crippen LogP contribution in [0.25, 0.3) is 0 Å². The number of carbonyl (C=O) groups is 3. The van der Waals surface area contributed by atoms with Crippen molar-refractivity contribution in [3.63, 3.8) is 0 Å². The summed E-state index contributed by atoms with van der Waals surface area (Å²) in [5, 5.41) is 0. The number of carbonyl (C=O) groups excluding carboxylic acids is 3. The molecule has 0 unspecified atom stereocenters. The van der Waals surface area contributed by atoms with Gasteiger partial charge in [-0.2, -0.15) is 26.3 Å². The number of likely N-dealkylation sites (tertiary alicyclic amines) is 2. The zero-order valence-corrected chi connectivity index (χ0v) is 14.7. The molecular formula is C17H15F6N2O4. The van der Waals surface area contributed by atoms with Crippen molar-refractivity contribution in [2.75, 3.05) is 26.2 Å². The Labute approximate surface area is 162 Å². The highest BCUT2D eigenvalue weighted by atomic mass is 19.4. The molecule has 0 spiro atoms. The lowest BCUT2D eigenvalue weighted by Gasteiger charge is -2.50. The minimum absolute atomic E-state index is 0.181. The minimum Gasteiger partial charge on any atom is -0.461 e. The molecule has 2 bridgehead atoms. The number of hydrogen-bond acceptors (Lipinski definition) is 4. The quantitative estimate of drug-likeness (QED) is 0.495. The first-order valence-corrected chi connectivity index (χ1v) is 8.53. The molecule has 1 saturated carbocycles. The van der Waals surface area contributed by atoms with Crippen molar-refractivity contribution < 1.29 is 45.5 Å². The van der Waals surface area contributed by atoms with Crippen molar-refractivity contribution >= 4 is 17.8 Å². The van der Waals surface area contributed by atoms with Crippen molar-refractivity contribution in [2.45, 2.75) is 18.5 Å². The van der Waals surface area contributed by atoms with Crippen LogP contribution in [0.3, 0.4) is 0 Å². The van der Waals surface area contributed by atoms with Crippen molar-refractivity contribution in [1.82, 2.24) is 9.80 Å². The van der Waals surface area contributed by atoms with Crippen LogP contribution in [0, 0.1) is 43.4 Å². The number of nitrogens with zero attached hydrogens (tertiary/aromatic N) is 2. The second-order valence-electron chi connectivity index (χ2n) is 6.98. The van der Waals surface area contributed by atoms with Gasteiger partial charge in [-0.3, -0.25) is 14.4 Å². The maximum Gasteiger partial charge on any atom is 0.471 e. The van der Waals surface area contributed by atoms with Crippen LogP contribution >= 0.6 is 0 Å². The molecular weight excluding hydrogens is 410 g/mol. The predicted octanol–water partition coefficient (Wildman–Crippen LogP) is 1.34. The van der Waals surface area contributed by atoms with Crippen molar-refractivity contribution in [3.05, 3.63) is 31.6 Å². The van der Waals surface area contributed by atoms with Crippen LogP contribution in [0.2, 0.25) is 0 Å². The summed E-state index contributed by atoms with van der Waals surface area (Å²) in [7, 11) is 0. The van der Waals surface area contributed by atoms with Crippen LogP contribution in [-0.2, 0) is 19.1 Å². The number of piperidine rings is 2. The van der Waals surface area contributed by atoms with Crippen LogP contribution in [-0.4, -0.2) is 72.2 Å². The fourth-order valence-corrected chi connectivity index (χ4v) is 3.78. The maximum atomic E-state index is 12.8. The lowest BCUT2D eigenvalue weighted by Crippen LogP contribution is -2.65. The topological polar surface area (TPSA) is 66.9 Å². The van der Waals surface area contributed by atoms with E-state index in [-0.39, 0.29) is 5.92 Å². The largest absolute Gasteiger partial charge is 0.471 e. The molecule has 12 heteroatoms. The number of amides is 2. The van der Waals surface area contributed by atoms with E-state index in [1.165, 1.54) is 12.8 Å². The number of hydrogen-bond donors (Lipinski definition) is 0. The Morgan fingerprint density at radius 1 is 0.793 bits per heavy atom. The van der Waals surface area contributed by atoms with Crippen LogP contribution in [0.4, 0.5) is 26.3 Å². The molecule has 159 valence electrons. The van der Waals surface area contributed by atoms with Crippen molar-refractivity contribution in [3.8, 4) is 0 Å². The van der Waals surface area contributed by atoms with E-state index >= 15 is 0 Å². The van der Waals surface area contributed by atoms with E-state index < -0.39 is 74.3 Å². The highest BCUT2D eigenvalue weighted by molar-refractivity contribution is 5.91. The molecule has 0 aromatic heterocycles. The molecule has 3 aliphatic rings. The first-order chi connectivity index (χ1) is 13.4. The number of halogens is 6. The molecule has 0 aromatic carbocycles. The first-order valence-electron chi connectivity index (χ1n) is 8.53. The second kappa shape index (κ2) is 7.67. The van der Waals surface area contributed by atoms with Gasteiger partial charge in [0.2, 0.25) is 0 Å². The number of fused-ring (bicyclic) bond motifs is 2. The zero-order chi connectivity index (χ0) is 21.6. The molecule has 0 aromatic rings. The highest BCUT2D eigenvalue weighted by Gasteiger charge is 2.54. The van der Waals surface area contributed by atoms with Crippen molar-refractivity contribution in [2.24, 2.45) is 11.8 Å². The molecule has 1 aliphatic carbocycles. The van der Waals surface area contributed by atoms with E-state index in [1.807, 2.05) is 0 Å². The van der Waals surface area contributed by atoms with Gasteiger partial charge in [-0.25, -0.2) is 0 Å². The Hall–Kier alpha value is -2.01.